The first-order valence-corrected chi connectivity index (χ1v) is 13.4. The topological polar surface area (TPSA) is 155 Å². The SMILES string of the molecule is NCC(=O)Nc1ncc(C2=C(NC(=O)CC(=O)O)N3C(=O)C(Sc4ccc(Cl)c(Cl)c4)C3SC2)s1. The number of hydrogen-bond donors (Lipinski definition) is 4. The predicted octanol–water partition coefficient (Wildman–Crippen LogP) is 2.68. The first-order valence-electron chi connectivity index (χ1n) is 9.95. The molecule has 184 valence electrons. The number of nitrogens with two attached hydrogens (primary N) is 1. The van der Waals surface area contributed by atoms with Crippen LogP contribution in [-0.2, 0) is 19.2 Å². The maximum absolute atomic E-state index is 13.2. The molecule has 15 heteroatoms. The fourth-order valence-corrected chi connectivity index (χ4v) is 7.39. The van der Waals surface area contributed by atoms with E-state index in [2.05, 4.69) is 15.6 Å². The molecule has 1 aromatic heterocycles. The number of halogens is 2. The van der Waals surface area contributed by atoms with Crippen molar-refractivity contribution < 1.29 is 24.3 Å². The highest BCUT2D eigenvalue weighted by molar-refractivity contribution is 8.04. The van der Waals surface area contributed by atoms with Gasteiger partial charge in [-0.15, -0.1) is 23.5 Å². The van der Waals surface area contributed by atoms with Gasteiger partial charge in [0.05, 0.1) is 21.5 Å². The van der Waals surface area contributed by atoms with Gasteiger partial charge in [-0.25, -0.2) is 4.98 Å². The molecule has 0 saturated carbocycles. The average molecular weight is 574 g/mol. The number of carboxylic acids is 1. The summed E-state index contributed by atoms with van der Waals surface area (Å²) in [5.74, 6) is -2.07. The molecule has 0 bridgehead atoms. The minimum absolute atomic E-state index is 0.203. The normalized spacial score (nSPS) is 19.2. The summed E-state index contributed by atoms with van der Waals surface area (Å²) >= 11 is 16.1. The molecule has 5 N–H and O–H groups in total. The fraction of sp³-hybridized carbons (Fsp3) is 0.250. The summed E-state index contributed by atoms with van der Waals surface area (Å²) in [6, 6.07) is 5.11. The minimum atomic E-state index is -1.29. The number of carboxylic acid groups (broad SMARTS) is 1. The van der Waals surface area contributed by atoms with Gasteiger partial charge in [-0.3, -0.25) is 24.1 Å². The second-order valence-electron chi connectivity index (χ2n) is 7.25. The van der Waals surface area contributed by atoms with E-state index in [0.717, 1.165) is 16.2 Å². The molecule has 1 saturated heterocycles. The van der Waals surface area contributed by atoms with Gasteiger partial charge in [0.2, 0.25) is 17.7 Å². The van der Waals surface area contributed by atoms with Gasteiger partial charge >= 0.3 is 5.97 Å². The van der Waals surface area contributed by atoms with Gasteiger partial charge in [0.15, 0.2) is 5.13 Å². The monoisotopic (exact) mass is 573 g/mol. The molecular weight excluding hydrogens is 557 g/mol. The zero-order valence-electron chi connectivity index (χ0n) is 17.6. The highest BCUT2D eigenvalue weighted by Gasteiger charge is 2.53. The minimum Gasteiger partial charge on any atom is -0.481 e. The van der Waals surface area contributed by atoms with Gasteiger partial charge in [0, 0.05) is 22.4 Å². The molecular formula is C20H17Cl2N5O5S3. The quantitative estimate of drug-likeness (QED) is 0.275. The Morgan fingerprint density at radius 1 is 1.23 bits per heavy atom. The fourth-order valence-electron chi connectivity index (χ4n) is 3.30. The van der Waals surface area contributed by atoms with Crippen molar-refractivity contribution in [3.8, 4) is 0 Å². The lowest BCUT2D eigenvalue weighted by Gasteiger charge is -2.50. The number of hydrogen-bond acceptors (Lipinski definition) is 9. The van der Waals surface area contributed by atoms with Crippen LogP contribution in [0.1, 0.15) is 11.3 Å². The van der Waals surface area contributed by atoms with E-state index < -0.39 is 29.5 Å². The summed E-state index contributed by atoms with van der Waals surface area (Å²) in [6.45, 7) is -0.203. The van der Waals surface area contributed by atoms with Crippen LogP contribution in [0.15, 0.2) is 35.1 Å². The number of amides is 3. The Kier molecular flexibility index (Phi) is 7.93. The van der Waals surface area contributed by atoms with E-state index in [1.54, 1.807) is 18.2 Å². The number of rotatable bonds is 8. The lowest BCUT2D eigenvalue weighted by molar-refractivity contribution is -0.140. The third-order valence-electron chi connectivity index (χ3n) is 4.88. The number of thiazole rings is 1. The highest BCUT2D eigenvalue weighted by Crippen LogP contribution is 2.49. The number of benzene rings is 1. The van der Waals surface area contributed by atoms with Crippen molar-refractivity contribution in [1.82, 2.24) is 15.2 Å². The van der Waals surface area contributed by atoms with Crippen LogP contribution in [0.5, 0.6) is 0 Å². The molecule has 0 aliphatic carbocycles. The molecule has 2 aliphatic rings. The van der Waals surface area contributed by atoms with E-state index in [0.29, 0.717) is 31.4 Å². The van der Waals surface area contributed by atoms with Crippen LogP contribution in [0, 0.1) is 0 Å². The summed E-state index contributed by atoms with van der Waals surface area (Å²) in [5.41, 5.74) is 5.92. The molecule has 3 amide bonds. The van der Waals surface area contributed by atoms with Gasteiger partial charge in [-0.2, -0.15) is 0 Å². The average Bonchev–Trinajstić information content (AvgIpc) is 3.26. The van der Waals surface area contributed by atoms with Gasteiger partial charge < -0.3 is 21.5 Å². The molecule has 2 aromatic rings. The number of fused-ring (bicyclic) bond motifs is 1. The molecule has 2 atom stereocenters. The Balaban J connectivity index is 1.61. The summed E-state index contributed by atoms with van der Waals surface area (Å²) in [5, 5.41) is 14.5. The summed E-state index contributed by atoms with van der Waals surface area (Å²) in [7, 11) is 0. The molecule has 0 spiro atoms. The smallest absolute Gasteiger partial charge is 0.312 e. The molecule has 4 rings (SSSR count). The maximum atomic E-state index is 13.2. The van der Waals surface area contributed by atoms with Gasteiger partial charge in [-0.05, 0) is 18.2 Å². The molecule has 1 aromatic carbocycles. The first-order chi connectivity index (χ1) is 16.7. The third kappa shape index (κ3) is 5.60. The zero-order chi connectivity index (χ0) is 25.3. The van der Waals surface area contributed by atoms with E-state index in [9.17, 15) is 19.2 Å². The Labute approximate surface area is 221 Å². The lowest BCUT2D eigenvalue weighted by Crippen LogP contribution is -2.64. The number of carbonyl (C=O) groups is 4. The summed E-state index contributed by atoms with van der Waals surface area (Å²) in [6.07, 6.45) is 0.765. The summed E-state index contributed by atoms with van der Waals surface area (Å²) < 4.78 is 0. The molecule has 0 radical (unpaired) electrons. The molecule has 10 nitrogen and oxygen atoms in total. The number of aliphatic carboxylic acids is 1. The number of nitrogens with one attached hydrogen (secondary N) is 2. The number of anilines is 1. The molecule has 1 fully saturated rings. The number of β-lactam (4-membered cyclic amide) rings is 1. The highest BCUT2D eigenvalue weighted by atomic mass is 35.5. The third-order valence-corrected chi connectivity index (χ3v) is 9.28. The van der Waals surface area contributed by atoms with Crippen LogP contribution in [0.25, 0.3) is 5.57 Å². The standard InChI is InChI=1S/C20H17Cl2N5O5S3/c21-10-2-1-8(3-11(10)22)34-16-18(32)27-17(25-13(28)4-15(30)31)9(7-33-19(16)27)12-6-24-20(35-12)26-14(29)5-23/h1-3,6,16,19H,4-5,7,23H2,(H,25,28)(H,30,31)(H,24,26,29). The Bertz CT molecular complexity index is 1250. The lowest BCUT2D eigenvalue weighted by atomic mass is 10.1. The van der Waals surface area contributed by atoms with Crippen LogP contribution < -0.4 is 16.4 Å². The van der Waals surface area contributed by atoms with E-state index in [4.69, 9.17) is 34.0 Å². The Morgan fingerprint density at radius 2 is 2.00 bits per heavy atom. The van der Waals surface area contributed by atoms with E-state index in [1.807, 2.05) is 0 Å². The Morgan fingerprint density at radius 3 is 2.69 bits per heavy atom. The van der Waals surface area contributed by atoms with E-state index >= 15 is 0 Å². The van der Waals surface area contributed by atoms with Crippen molar-refractivity contribution >= 4 is 92.5 Å². The zero-order valence-corrected chi connectivity index (χ0v) is 21.6. The Hall–Kier alpha value is -2.29. The van der Waals surface area contributed by atoms with Crippen molar-refractivity contribution in [2.75, 3.05) is 17.6 Å². The maximum Gasteiger partial charge on any atom is 0.312 e. The predicted molar refractivity (Wildman–Crippen MR) is 136 cm³/mol. The van der Waals surface area contributed by atoms with Gasteiger partial charge in [0.1, 0.15) is 22.9 Å². The molecule has 2 aliphatic heterocycles. The summed E-state index contributed by atoms with van der Waals surface area (Å²) in [4.78, 5) is 55.1. The second kappa shape index (κ2) is 10.8. The van der Waals surface area contributed by atoms with Crippen LogP contribution >= 0.6 is 58.1 Å². The number of aromatic nitrogens is 1. The van der Waals surface area contributed by atoms with Crippen molar-refractivity contribution in [2.45, 2.75) is 21.9 Å². The molecule has 35 heavy (non-hydrogen) atoms. The second-order valence-corrected chi connectivity index (χ2v) is 11.4. The van der Waals surface area contributed by atoms with Crippen molar-refractivity contribution in [3.05, 3.63) is 45.1 Å². The van der Waals surface area contributed by atoms with Crippen molar-refractivity contribution in [1.29, 1.82) is 0 Å². The van der Waals surface area contributed by atoms with Crippen LogP contribution in [-0.4, -0.2) is 61.6 Å². The van der Waals surface area contributed by atoms with Crippen molar-refractivity contribution in [2.24, 2.45) is 5.73 Å². The first kappa shape index (κ1) is 25.8. The largest absolute Gasteiger partial charge is 0.481 e. The van der Waals surface area contributed by atoms with Crippen molar-refractivity contribution in [3.63, 3.8) is 0 Å². The van der Waals surface area contributed by atoms with E-state index in [-0.39, 0.29) is 23.6 Å². The number of thioether (sulfide) groups is 2. The van der Waals surface area contributed by atoms with Crippen LogP contribution in [0.3, 0.4) is 0 Å². The number of carbonyl (C=O) groups excluding carboxylic acids is 3. The van der Waals surface area contributed by atoms with Crippen LogP contribution in [0.2, 0.25) is 10.0 Å². The van der Waals surface area contributed by atoms with Gasteiger partial charge in [-0.1, -0.05) is 34.5 Å². The van der Waals surface area contributed by atoms with Gasteiger partial charge in [0.25, 0.3) is 0 Å². The molecule has 2 unspecified atom stereocenters. The molecule has 3 heterocycles. The number of nitrogens with zero attached hydrogens (tertiary/aromatic N) is 2. The van der Waals surface area contributed by atoms with Crippen LogP contribution in [0.4, 0.5) is 5.13 Å². The van der Waals surface area contributed by atoms with E-state index in [1.165, 1.54) is 34.6 Å².